The molecule has 0 aliphatic rings. The zero-order chi connectivity index (χ0) is 21.8. The molecule has 0 radical (unpaired) electrons. The highest BCUT2D eigenvalue weighted by molar-refractivity contribution is 6.09. The van der Waals surface area contributed by atoms with Crippen LogP contribution < -0.4 is 10.9 Å². The van der Waals surface area contributed by atoms with Crippen molar-refractivity contribution in [2.75, 3.05) is 5.32 Å². The van der Waals surface area contributed by atoms with Crippen molar-refractivity contribution >= 4 is 33.9 Å². The minimum absolute atomic E-state index is 0.0198. The van der Waals surface area contributed by atoms with Gasteiger partial charge in [0.15, 0.2) is 11.5 Å². The van der Waals surface area contributed by atoms with Crippen LogP contribution in [0.25, 0.3) is 10.8 Å². The molecule has 2 aromatic heterocycles. The van der Waals surface area contributed by atoms with E-state index < -0.39 is 17.3 Å². The van der Waals surface area contributed by atoms with E-state index in [2.05, 4.69) is 15.4 Å². The molecule has 0 aliphatic carbocycles. The number of aromatic nitrogens is 3. The molecule has 1 unspecified atom stereocenters. The van der Waals surface area contributed by atoms with Gasteiger partial charge in [0.25, 0.3) is 5.56 Å². The first kappa shape index (κ1) is 21.2. The number of rotatable bonds is 7. The van der Waals surface area contributed by atoms with E-state index in [0.29, 0.717) is 12.1 Å². The first-order valence-corrected chi connectivity index (χ1v) is 9.84. The second-order valence-electron chi connectivity index (χ2n) is 6.93. The molecule has 8 heteroatoms. The van der Waals surface area contributed by atoms with Crippen molar-refractivity contribution in [3.8, 4) is 0 Å². The van der Waals surface area contributed by atoms with Gasteiger partial charge in [-0.1, -0.05) is 31.2 Å². The van der Waals surface area contributed by atoms with Crippen LogP contribution in [0.3, 0.4) is 0 Å². The smallest absolute Gasteiger partial charge is 0.359 e. The highest BCUT2D eigenvalue weighted by Crippen LogP contribution is 2.27. The lowest BCUT2D eigenvalue weighted by atomic mass is 10.1. The van der Waals surface area contributed by atoms with Crippen LogP contribution in [0.4, 0.5) is 11.4 Å². The number of aryl methyl sites for hydroxylation is 1. The number of hydrogen-bond acceptors (Lipinski definition) is 7. The van der Waals surface area contributed by atoms with Crippen LogP contribution in [0.15, 0.2) is 41.5 Å². The monoisotopic (exact) mass is 408 g/mol. The number of ether oxygens (including phenoxy) is 1. The summed E-state index contributed by atoms with van der Waals surface area (Å²) >= 11 is 0. The van der Waals surface area contributed by atoms with Crippen LogP contribution in [0, 0.1) is 0 Å². The molecule has 0 fully saturated rings. The largest absolute Gasteiger partial charge is 0.458 e. The molecule has 0 bridgehead atoms. The third-order valence-electron chi connectivity index (χ3n) is 4.81. The fraction of sp³-hybridized carbons (Fsp3) is 0.318. The number of Topliss-reactive ketones (excluding diaryl/α,β-unsaturated/α-hetero) is 1. The van der Waals surface area contributed by atoms with Gasteiger partial charge in [0.2, 0.25) is 0 Å². The Balaban J connectivity index is 2.22. The van der Waals surface area contributed by atoms with Gasteiger partial charge >= 0.3 is 5.97 Å². The van der Waals surface area contributed by atoms with E-state index in [4.69, 9.17) is 4.74 Å². The topological polar surface area (TPSA) is 103 Å². The van der Waals surface area contributed by atoms with Gasteiger partial charge in [-0.05, 0) is 27.2 Å². The third kappa shape index (κ3) is 4.07. The van der Waals surface area contributed by atoms with E-state index in [1.807, 2.05) is 31.2 Å². The average molecular weight is 408 g/mol. The molecule has 2 heterocycles. The Kier molecular flexibility index (Phi) is 6.25. The van der Waals surface area contributed by atoms with Gasteiger partial charge in [-0.3, -0.25) is 14.6 Å². The molecule has 0 spiro atoms. The van der Waals surface area contributed by atoms with Gasteiger partial charge < -0.3 is 10.1 Å². The fourth-order valence-corrected chi connectivity index (χ4v) is 3.06. The summed E-state index contributed by atoms with van der Waals surface area (Å²) < 4.78 is 6.52. The van der Waals surface area contributed by atoms with Crippen LogP contribution >= 0.6 is 0 Å². The summed E-state index contributed by atoms with van der Waals surface area (Å²) in [5, 5.41) is 8.85. The van der Waals surface area contributed by atoms with Crippen molar-refractivity contribution in [1.29, 1.82) is 0 Å². The molecule has 3 aromatic rings. The third-order valence-corrected chi connectivity index (χ3v) is 4.81. The number of carbonyl (C=O) groups excluding carboxylic acids is 2. The number of benzene rings is 1. The first-order chi connectivity index (χ1) is 14.4. The lowest BCUT2D eigenvalue weighted by Crippen LogP contribution is -2.31. The zero-order valence-electron chi connectivity index (χ0n) is 17.4. The van der Waals surface area contributed by atoms with Crippen molar-refractivity contribution < 1.29 is 14.3 Å². The maximum absolute atomic E-state index is 13.0. The predicted molar refractivity (Wildman–Crippen MR) is 114 cm³/mol. The van der Waals surface area contributed by atoms with Gasteiger partial charge in [0.1, 0.15) is 5.69 Å². The van der Waals surface area contributed by atoms with E-state index in [0.717, 1.165) is 15.5 Å². The van der Waals surface area contributed by atoms with Crippen LogP contribution in [0.5, 0.6) is 0 Å². The van der Waals surface area contributed by atoms with E-state index >= 15 is 0 Å². The molecule has 30 heavy (non-hydrogen) atoms. The maximum atomic E-state index is 13.0. The number of nitrogens with one attached hydrogen (secondary N) is 1. The van der Waals surface area contributed by atoms with Crippen molar-refractivity contribution in [1.82, 2.24) is 14.8 Å². The molecule has 1 N–H and O–H groups in total. The Morgan fingerprint density at radius 3 is 2.60 bits per heavy atom. The summed E-state index contributed by atoms with van der Waals surface area (Å²) in [6, 6.07) is 7.52. The van der Waals surface area contributed by atoms with Gasteiger partial charge in [-0.15, -0.1) is 0 Å². The molecule has 1 atom stereocenters. The minimum atomic E-state index is -0.740. The number of anilines is 2. The molecule has 0 aliphatic heterocycles. The number of pyridine rings is 1. The lowest BCUT2D eigenvalue weighted by Gasteiger charge is -2.17. The minimum Gasteiger partial charge on any atom is -0.458 e. The Labute approximate surface area is 173 Å². The average Bonchev–Trinajstić information content (AvgIpc) is 2.74. The molecule has 3 rings (SSSR count). The molecule has 8 nitrogen and oxygen atoms in total. The molecule has 1 aromatic carbocycles. The highest BCUT2D eigenvalue weighted by atomic mass is 16.5. The van der Waals surface area contributed by atoms with Crippen LogP contribution in [0.2, 0.25) is 0 Å². The van der Waals surface area contributed by atoms with Gasteiger partial charge in [-0.2, -0.15) is 5.10 Å². The summed E-state index contributed by atoms with van der Waals surface area (Å²) in [6.07, 6.45) is 3.54. The summed E-state index contributed by atoms with van der Waals surface area (Å²) in [6.45, 7) is 6.88. The summed E-state index contributed by atoms with van der Waals surface area (Å²) in [5.74, 6) is -1.20. The standard InChI is InChI=1S/C22H24N4O4/c1-5-13(3)30-22(29)20-18(14(4)27)19(21(28)26(6-2)25-20)24-17-12-23-11-15-9-7-8-10-16(15)17/h7-13,24H,5-6H2,1-4H3. The highest BCUT2D eigenvalue weighted by Gasteiger charge is 2.27. The SMILES string of the molecule is CCC(C)OC(=O)c1nn(CC)c(=O)c(Nc2cncc3ccccc23)c1C(C)=O. The summed E-state index contributed by atoms with van der Waals surface area (Å²) in [4.78, 5) is 42.5. The number of esters is 1. The van der Waals surface area contributed by atoms with Gasteiger partial charge in [-0.25, -0.2) is 9.48 Å². The quantitative estimate of drug-likeness (QED) is 0.469. The van der Waals surface area contributed by atoms with E-state index in [1.165, 1.54) is 6.92 Å². The molecular formula is C22H24N4O4. The molecule has 0 saturated carbocycles. The number of hydrogen-bond donors (Lipinski definition) is 1. The first-order valence-electron chi connectivity index (χ1n) is 9.84. The van der Waals surface area contributed by atoms with E-state index in [9.17, 15) is 14.4 Å². The van der Waals surface area contributed by atoms with Crippen molar-refractivity contribution in [3.63, 3.8) is 0 Å². The predicted octanol–water partition coefficient (Wildman–Crippen LogP) is 3.71. The Hall–Kier alpha value is -3.55. The molecular weight excluding hydrogens is 384 g/mol. The Bertz CT molecular complexity index is 1160. The molecule has 0 amide bonds. The second kappa shape index (κ2) is 8.86. The van der Waals surface area contributed by atoms with Crippen LogP contribution in [0.1, 0.15) is 55.0 Å². The second-order valence-corrected chi connectivity index (χ2v) is 6.93. The van der Waals surface area contributed by atoms with Crippen LogP contribution in [-0.4, -0.2) is 32.6 Å². The number of carbonyl (C=O) groups is 2. The maximum Gasteiger partial charge on any atom is 0.359 e. The molecule has 156 valence electrons. The Morgan fingerprint density at radius 1 is 1.20 bits per heavy atom. The summed E-state index contributed by atoms with van der Waals surface area (Å²) in [7, 11) is 0. The van der Waals surface area contributed by atoms with E-state index in [-0.39, 0.29) is 29.6 Å². The molecule has 0 saturated heterocycles. The zero-order valence-corrected chi connectivity index (χ0v) is 17.4. The van der Waals surface area contributed by atoms with Gasteiger partial charge in [0, 0.05) is 23.5 Å². The van der Waals surface area contributed by atoms with Crippen molar-refractivity contribution in [3.05, 3.63) is 58.3 Å². The number of nitrogens with zero attached hydrogens (tertiary/aromatic N) is 3. The number of ketones is 1. The van der Waals surface area contributed by atoms with E-state index in [1.54, 1.807) is 26.2 Å². The fourth-order valence-electron chi connectivity index (χ4n) is 3.06. The number of fused-ring (bicyclic) bond motifs is 1. The van der Waals surface area contributed by atoms with Gasteiger partial charge in [0.05, 0.1) is 23.6 Å². The van der Waals surface area contributed by atoms with Crippen molar-refractivity contribution in [2.24, 2.45) is 0 Å². The summed E-state index contributed by atoms with van der Waals surface area (Å²) in [5.41, 5.74) is -0.252. The Morgan fingerprint density at radius 2 is 1.93 bits per heavy atom. The normalized spacial score (nSPS) is 11.9. The van der Waals surface area contributed by atoms with Crippen molar-refractivity contribution in [2.45, 2.75) is 46.8 Å². The van der Waals surface area contributed by atoms with Crippen LogP contribution in [-0.2, 0) is 11.3 Å². The lowest BCUT2D eigenvalue weighted by molar-refractivity contribution is 0.0322.